The van der Waals surface area contributed by atoms with Crippen LogP contribution in [0.1, 0.15) is 36.7 Å². The summed E-state index contributed by atoms with van der Waals surface area (Å²) in [7, 11) is 0. The van der Waals surface area contributed by atoms with E-state index in [1.165, 1.54) is 0 Å². The minimum absolute atomic E-state index is 0.0573. The first-order valence-corrected chi connectivity index (χ1v) is 7.06. The van der Waals surface area contributed by atoms with Crippen LogP contribution in [0.15, 0.2) is 6.07 Å². The van der Waals surface area contributed by atoms with Crippen molar-refractivity contribution in [2.24, 2.45) is 11.3 Å². The van der Waals surface area contributed by atoms with Crippen LogP contribution in [-0.2, 0) is 0 Å². The summed E-state index contributed by atoms with van der Waals surface area (Å²) in [6.45, 7) is 2.41. The van der Waals surface area contributed by atoms with E-state index in [-0.39, 0.29) is 18.9 Å². The van der Waals surface area contributed by atoms with Crippen molar-refractivity contribution in [3.63, 3.8) is 0 Å². The van der Waals surface area contributed by atoms with Gasteiger partial charge >= 0.3 is 6.18 Å². The summed E-state index contributed by atoms with van der Waals surface area (Å²) >= 11 is 0. The second-order valence-electron chi connectivity index (χ2n) is 6.44. The quantitative estimate of drug-likeness (QED) is 0.835. The molecule has 0 radical (unpaired) electrons. The van der Waals surface area contributed by atoms with Crippen LogP contribution >= 0.6 is 0 Å². The number of piperidine rings is 1. The Hall–Kier alpha value is -1.33. The van der Waals surface area contributed by atoms with Crippen molar-refractivity contribution in [1.82, 2.24) is 9.97 Å². The summed E-state index contributed by atoms with van der Waals surface area (Å²) < 4.78 is 39.3. The Morgan fingerprint density at radius 3 is 2.65 bits per heavy atom. The molecule has 3 nitrogen and oxygen atoms in total. The average molecular weight is 283 g/mol. The lowest BCUT2D eigenvalue weighted by Gasteiger charge is -2.24. The summed E-state index contributed by atoms with van der Waals surface area (Å²) in [6, 6.07) is 1.81. The molecule has 1 aromatic heterocycles. The van der Waals surface area contributed by atoms with Crippen molar-refractivity contribution < 1.29 is 13.2 Å². The molecule has 1 saturated heterocycles. The van der Waals surface area contributed by atoms with Crippen LogP contribution in [0.5, 0.6) is 0 Å². The highest BCUT2D eigenvalue weighted by atomic mass is 19.4. The first-order valence-electron chi connectivity index (χ1n) is 7.06. The molecule has 3 aliphatic rings. The predicted octanol–water partition coefficient (Wildman–Crippen LogP) is 3.05. The Balaban J connectivity index is 1.61. The molecule has 2 aliphatic carbocycles. The molecular formula is C14H16F3N3. The minimum Gasteiger partial charge on any atom is -0.355 e. The number of nitrogens with zero attached hydrogens (tertiary/aromatic N) is 3. The summed E-state index contributed by atoms with van der Waals surface area (Å²) in [4.78, 5) is 10.7. The minimum atomic E-state index is -4.09. The largest absolute Gasteiger partial charge is 0.396 e. The molecule has 0 aromatic carbocycles. The van der Waals surface area contributed by atoms with Gasteiger partial charge in [0.15, 0.2) is 0 Å². The van der Waals surface area contributed by atoms with E-state index in [2.05, 4.69) is 9.97 Å². The molecule has 1 aromatic rings. The number of aromatic nitrogens is 2. The second-order valence-corrected chi connectivity index (χ2v) is 6.44. The van der Waals surface area contributed by atoms with Crippen LogP contribution in [0, 0.1) is 18.3 Å². The number of anilines is 1. The molecule has 108 valence electrons. The SMILES string of the molecule is Cc1cc(N2CC3CC3(C(F)(F)F)C2)nc(C2CC2)n1. The van der Waals surface area contributed by atoms with Crippen LogP contribution in [0.3, 0.4) is 0 Å². The van der Waals surface area contributed by atoms with Gasteiger partial charge in [-0.2, -0.15) is 13.2 Å². The van der Waals surface area contributed by atoms with Crippen molar-refractivity contribution in [2.75, 3.05) is 18.0 Å². The third-order valence-corrected chi connectivity index (χ3v) is 4.83. The van der Waals surface area contributed by atoms with E-state index < -0.39 is 11.6 Å². The third-order valence-electron chi connectivity index (χ3n) is 4.83. The molecule has 2 atom stereocenters. The molecule has 0 N–H and O–H groups in total. The van der Waals surface area contributed by atoms with Gasteiger partial charge in [0.1, 0.15) is 11.6 Å². The third kappa shape index (κ3) is 1.73. The maximum Gasteiger partial charge on any atom is 0.396 e. The zero-order chi connectivity index (χ0) is 14.1. The summed E-state index contributed by atoms with van der Waals surface area (Å²) in [5.41, 5.74) is -0.621. The number of alkyl halides is 3. The highest BCUT2D eigenvalue weighted by molar-refractivity contribution is 5.45. The van der Waals surface area contributed by atoms with Gasteiger partial charge < -0.3 is 4.90 Å². The zero-order valence-corrected chi connectivity index (χ0v) is 11.2. The molecule has 0 bridgehead atoms. The maximum atomic E-state index is 13.1. The Labute approximate surface area is 115 Å². The van der Waals surface area contributed by atoms with E-state index >= 15 is 0 Å². The van der Waals surface area contributed by atoms with Crippen molar-refractivity contribution in [1.29, 1.82) is 0 Å². The molecule has 3 fully saturated rings. The Kier molecular flexibility index (Phi) is 2.27. The molecule has 0 amide bonds. The van der Waals surface area contributed by atoms with Gasteiger partial charge in [0.05, 0.1) is 5.41 Å². The number of rotatable bonds is 2. The summed E-state index contributed by atoms with van der Waals surface area (Å²) in [6.07, 6.45) is -1.61. The van der Waals surface area contributed by atoms with E-state index in [0.717, 1.165) is 24.4 Å². The first-order chi connectivity index (χ1) is 9.39. The van der Waals surface area contributed by atoms with E-state index in [4.69, 9.17) is 0 Å². The number of aryl methyl sites for hydroxylation is 1. The van der Waals surface area contributed by atoms with Crippen molar-refractivity contribution in [3.8, 4) is 0 Å². The molecule has 2 saturated carbocycles. The Bertz CT molecular complexity index is 567. The summed E-state index contributed by atoms with van der Waals surface area (Å²) in [5, 5.41) is 0. The molecule has 20 heavy (non-hydrogen) atoms. The van der Waals surface area contributed by atoms with Crippen molar-refractivity contribution in [2.45, 2.75) is 38.3 Å². The van der Waals surface area contributed by atoms with Crippen molar-refractivity contribution in [3.05, 3.63) is 17.6 Å². The number of hydrogen-bond acceptors (Lipinski definition) is 3. The fraction of sp³-hybridized carbons (Fsp3) is 0.714. The standard InChI is InChI=1S/C14H16F3N3/c1-8-4-11(19-12(18-8)9-2-3-9)20-6-10-5-13(10,7-20)14(15,16)17/h4,9-10H,2-3,5-7H2,1H3. The van der Waals surface area contributed by atoms with Crippen LogP contribution in [-0.4, -0.2) is 29.2 Å². The smallest absolute Gasteiger partial charge is 0.355 e. The molecule has 0 spiro atoms. The zero-order valence-electron chi connectivity index (χ0n) is 11.2. The maximum absolute atomic E-state index is 13.1. The van der Waals surface area contributed by atoms with Gasteiger partial charge in [-0.15, -0.1) is 0 Å². The molecule has 4 rings (SSSR count). The highest BCUT2D eigenvalue weighted by Gasteiger charge is 2.74. The van der Waals surface area contributed by atoms with Gasteiger partial charge in [0, 0.05) is 30.8 Å². The number of hydrogen-bond donors (Lipinski definition) is 0. The number of fused-ring (bicyclic) bond motifs is 1. The van der Waals surface area contributed by atoms with Crippen LogP contribution in [0.25, 0.3) is 0 Å². The van der Waals surface area contributed by atoms with Gasteiger partial charge in [0.2, 0.25) is 0 Å². The van der Waals surface area contributed by atoms with Gasteiger partial charge in [-0.1, -0.05) is 0 Å². The van der Waals surface area contributed by atoms with Crippen LogP contribution in [0.2, 0.25) is 0 Å². The summed E-state index contributed by atoms with van der Waals surface area (Å²) in [5.74, 6) is 1.65. The van der Waals surface area contributed by atoms with E-state index in [0.29, 0.717) is 18.3 Å². The lowest BCUT2D eigenvalue weighted by atomic mass is 10.1. The monoisotopic (exact) mass is 283 g/mol. The van der Waals surface area contributed by atoms with Crippen LogP contribution < -0.4 is 4.90 Å². The number of halogens is 3. The van der Waals surface area contributed by atoms with Crippen LogP contribution in [0.4, 0.5) is 19.0 Å². The van der Waals surface area contributed by atoms with E-state index in [1.807, 2.05) is 6.92 Å². The molecule has 2 heterocycles. The fourth-order valence-corrected chi connectivity index (χ4v) is 3.36. The van der Waals surface area contributed by atoms with E-state index in [1.54, 1.807) is 11.0 Å². The highest BCUT2D eigenvalue weighted by Crippen LogP contribution is 2.66. The lowest BCUT2D eigenvalue weighted by Crippen LogP contribution is -2.33. The lowest BCUT2D eigenvalue weighted by molar-refractivity contribution is -0.184. The molecular weight excluding hydrogens is 267 g/mol. The van der Waals surface area contributed by atoms with E-state index in [9.17, 15) is 13.2 Å². The van der Waals surface area contributed by atoms with Gasteiger partial charge in [-0.05, 0) is 32.1 Å². The normalized spacial score (nSPS) is 32.4. The molecule has 1 aliphatic heterocycles. The average Bonchev–Trinajstić information content (AvgIpc) is 3.26. The van der Waals surface area contributed by atoms with Crippen molar-refractivity contribution >= 4 is 5.82 Å². The first kappa shape index (κ1) is 12.4. The predicted molar refractivity (Wildman–Crippen MR) is 67.6 cm³/mol. The fourth-order valence-electron chi connectivity index (χ4n) is 3.36. The topological polar surface area (TPSA) is 29.0 Å². The Morgan fingerprint density at radius 2 is 2.05 bits per heavy atom. The molecule has 2 unspecified atom stereocenters. The van der Waals surface area contributed by atoms with Gasteiger partial charge in [-0.25, -0.2) is 9.97 Å². The molecule has 6 heteroatoms. The second kappa shape index (κ2) is 3.65. The van der Waals surface area contributed by atoms with Gasteiger partial charge in [0.25, 0.3) is 0 Å². The van der Waals surface area contributed by atoms with Gasteiger partial charge in [-0.3, -0.25) is 0 Å². The Morgan fingerprint density at radius 1 is 1.30 bits per heavy atom.